The molecule has 0 aliphatic carbocycles. The molecule has 9 heterocycles. The molecule has 8 aromatic rings. The average Bonchev–Trinajstić information content (AvgIpc) is 4.22. The van der Waals surface area contributed by atoms with Crippen molar-refractivity contribution in [2.75, 3.05) is 65.7 Å². The highest BCUT2D eigenvalue weighted by Gasteiger charge is 2.50. The fourth-order valence-electron chi connectivity index (χ4n) is 10.7. The molecule has 0 saturated carbocycles. The molecule has 3 fully saturated rings. The second kappa shape index (κ2) is 24.4. The van der Waals surface area contributed by atoms with E-state index < -0.39 is 0 Å². The van der Waals surface area contributed by atoms with E-state index in [1.807, 2.05) is 42.6 Å². The highest BCUT2D eigenvalue weighted by atomic mass is 35.5. The lowest BCUT2D eigenvalue weighted by atomic mass is 9.89. The molecule has 0 bridgehead atoms. The van der Waals surface area contributed by atoms with Gasteiger partial charge in [-0.1, -0.05) is 110 Å². The van der Waals surface area contributed by atoms with Crippen molar-refractivity contribution in [1.82, 2.24) is 40.4 Å². The lowest BCUT2D eigenvalue weighted by Crippen LogP contribution is -2.41. The van der Waals surface area contributed by atoms with Crippen molar-refractivity contribution in [3.05, 3.63) is 159 Å². The Balaban J connectivity index is 0.000000138. The number of nitrogens with one attached hydrogen (secondary N) is 4. The van der Waals surface area contributed by atoms with E-state index in [0.717, 1.165) is 174 Å². The number of pyridine rings is 2. The summed E-state index contributed by atoms with van der Waals surface area (Å²) in [5.74, 6) is 1.97. The maximum Gasteiger partial charge on any atom is 0.487 e. The van der Waals surface area contributed by atoms with E-state index in [2.05, 4.69) is 137 Å². The molecule has 79 heavy (non-hydrogen) atoms. The van der Waals surface area contributed by atoms with Gasteiger partial charge in [0, 0.05) is 97.4 Å². The molecule has 3 saturated heterocycles. The van der Waals surface area contributed by atoms with Gasteiger partial charge in [0.1, 0.15) is 5.15 Å². The van der Waals surface area contributed by atoms with Crippen LogP contribution < -0.4 is 10.6 Å². The maximum absolute atomic E-state index is 12.6. The number of aryl methyl sites for hydroxylation is 2. The van der Waals surface area contributed by atoms with Crippen LogP contribution in [-0.2, 0) is 44.7 Å². The number of benzene rings is 4. The Labute approximate surface area is 468 Å². The van der Waals surface area contributed by atoms with Crippen molar-refractivity contribution in [2.24, 2.45) is 0 Å². The van der Waals surface area contributed by atoms with Crippen molar-refractivity contribution in [3.63, 3.8) is 0 Å². The second-order valence-corrected chi connectivity index (χ2v) is 22.2. The van der Waals surface area contributed by atoms with Crippen LogP contribution in [0, 0.1) is 0 Å². The van der Waals surface area contributed by atoms with Gasteiger partial charge in [-0.25, -0.2) is 0 Å². The minimum Gasteiger partial charge on any atom is -0.400 e. The topological polar surface area (TPSA) is 159 Å². The van der Waals surface area contributed by atoms with Crippen molar-refractivity contribution in [1.29, 1.82) is 0 Å². The van der Waals surface area contributed by atoms with Gasteiger partial charge in [-0.2, -0.15) is 0 Å². The van der Waals surface area contributed by atoms with Crippen LogP contribution in [0.1, 0.15) is 108 Å². The number of fused-ring (bicyclic) bond motifs is 10. The highest BCUT2D eigenvalue weighted by Crippen LogP contribution is 2.37. The monoisotopic (exact) mass is 1080 g/mol. The van der Waals surface area contributed by atoms with Gasteiger partial charge in [0.2, 0.25) is 0 Å². The maximum atomic E-state index is 12.6. The van der Waals surface area contributed by atoms with Crippen LogP contribution in [0.4, 0.5) is 0 Å². The van der Waals surface area contributed by atoms with E-state index in [4.69, 9.17) is 40.4 Å². The van der Waals surface area contributed by atoms with Crippen LogP contribution >= 0.6 is 11.6 Å². The Bertz CT molecular complexity index is 3510. The Morgan fingerprint density at radius 2 is 1.06 bits per heavy atom. The number of hydrogen-bond donors (Lipinski definition) is 4. The largest absolute Gasteiger partial charge is 0.487 e. The predicted molar refractivity (Wildman–Crippen MR) is 319 cm³/mol. The number of halogens is 1. The van der Waals surface area contributed by atoms with Crippen molar-refractivity contribution in [2.45, 2.75) is 85.1 Å². The Kier molecular flexibility index (Phi) is 17.1. The molecule has 410 valence electrons. The molecule has 0 spiro atoms. The van der Waals surface area contributed by atoms with Gasteiger partial charge in [-0.05, 0) is 99.2 Å². The van der Waals surface area contributed by atoms with Crippen LogP contribution in [-0.4, -0.2) is 126 Å². The molecular weight excluding hydrogens is 1010 g/mol. The number of aromatic amines is 2. The molecule has 4 aromatic heterocycles. The number of nitrogens with zero attached hydrogens (tertiary/aromatic N) is 4. The molecule has 14 nitrogen and oxygen atoms in total. The molecule has 13 rings (SSSR count). The third-order valence-electron chi connectivity index (χ3n) is 15.8. The zero-order valence-corrected chi connectivity index (χ0v) is 45.8. The Morgan fingerprint density at radius 3 is 1.57 bits per heavy atom. The summed E-state index contributed by atoms with van der Waals surface area (Å²) < 4.78 is 22.8. The molecule has 16 heteroatoms. The van der Waals surface area contributed by atoms with Gasteiger partial charge in [0.15, 0.2) is 0 Å². The smallest absolute Gasteiger partial charge is 0.400 e. The summed E-state index contributed by atoms with van der Waals surface area (Å²) in [4.78, 5) is 45.6. The SMILES string of the molecule is C.CC1(C)OB(/C=C/c2ccc(CN3CCOCC3)cc2)OC1(C)C.O=C1NCCCc2nc3c(ccc4c[nH]c(/C=C/c5ccc(CN6CCOCC6)cc5)cc43)c21.O=C1NCCCc2nc3c(ccc4c[nH]c(Cl)cc43)c21. The average molecular weight is 1080 g/mol. The minimum atomic E-state index is -0.289. The standard InChI is InChI=1S/C28H28N4O2.C19H28BNO3.C15H12ClN3O.CH4/c33-28-26-23-10-8-21-17-30-22(16-24(21)27(23)31-25(26)2-1-11-29-28)9-7-19-3-5-20(6-4-19)18-32-12-14-34-15-13-32;1-18(2)19(3,4)24-20(23-18)10-9-16-5-7-17(8-6-16)15-21-11-13-22-14-12-21;16-12-6-10-8(7-18-12)3-4-9-13-11(19-14(9)10)2-1-5-17-15(13)20;/h3-10,16-17,30H,1-2,11-15,18H2,(H,29,33);5-10H,11-15H2,1-4H3;3-4,6-7,18H,1-2,5H2,(H,17,20);1H4/b9-7+;10-9+;;. The lowest BCUT2D eigenvalue weighted by molar-refractivity contribution is 0.00578. The molecule has 0 unspecified atom stereocenters. The van der Waals surface area contributed by atoms with Crippen LogP contribution in [0.5, 0.6) is 0 Å². The van der Waals surface area contributed by atoms with Crippen LogP contribution in [0.2, 0.25) is 5.15 Å². The van der Waals surface area contributed by atoms with Crippen molar-refractivity contribution >= 4 is 92.1 Å². The van der Waals surface area contributed by atoms with E-state index in [0.29, 0.717) is 18.2 Å². The Hall–Kier alpha value is -6.69. The van der Waals surface area contributed by atoms with E-state index in [1.54, 1.807) is 0 Å². The van der Waals surface area contributed by atoms with Gasteiger partial charge in [0.05, 0.1) is 71.2 Å². The predicted octanol–water partition coefficient (Wildman–Crippen LogP) is 11.2. The van der Waals surface area contributed by atoms with Gasteiger partial charge in [-0.15, -0.1) is 0 Å². The summed E-state index contributed by atoms with van der Waals surface area (Å²) in [6, 6.07) is 29.5. The Morgan fingerprint density at radius 1 is 0.595 bits per heavy atom. The molecule has 5 aliphatic heterocycles. The first-order valence-corrected chi connectivity index (χ1v) is 27.8. The van der Waals surface area contributed by atoms with E-state index in [-0.39, 0.29) is 37.6 Å². The number of ether oxygens (including phenoxy) is 2. The van der Waals surface area contributed by atoms with Crippen LogP contribution in [0.15, 0.2) is 103 Å². The zero-order valence-electron chi connectivity index (χ0n) is 45.1. The fourth-order valence-corrected chi connectivity index (χ4v) is 10.9. The summed E-state index contributed by atoms with van der Waals surface area (Å²) in [5.41, 5.74) is 10.5. The van der Waals surface area contributed by atoms with Gasteiger partial charge in [-0.3, -0.25) is 29.4 Å². The zero-order chi connectivity index (χ0) is 53.8. The molecular formula is C63H72BClN8O6. The molecule has 4 N–H and O–H groups in total. The summed E-state index contributed by atoms with van der Waals surface area (Å²) >= 11 is 6.04. The molecule has 0 atom stereocenters. The number of hydrogen-bond acceptors (Lipinski definition) is 10. The first-order chi connectivity index (χ1) is 37.8. The summed E-state index contributed by atoms with van der Waals surface area (Å²) in [6.07, 6.45) is 13.7. The second-order valence-electron chi connectivity index (χ2n) is 21.8. The van der Waals surface area contributed by atoms with Gasteiger partial charge in [0.25, 0.3) is 11.8 Å². The molecule has 5 aliphatic rings. The van der Waals surface area contributed by atoms with Crippen LogP contribution in [0.25, 0.3) is 61.6 Å². The van der Waals surface area contributed by atoms with Crippen molar-refractivity contribution < 1.29 is 28.4 Å². The number of aromatic nitrogens is 4. The number of carbonyl (C=O) groups is 2. The molecule has 4 aromatic carbocycles. The fraction of sp³-hybridized carbons (Fsp3) is 0.365. The van der Waals surface area contributed by atoms with E-state index in [9.17, 15) is 9.59 Å². The number of carbonyl (C=O) groups excluding carboxylic acids is 2. The number of H-pyrrole nitrogens is 2. The first-order valence-electron chi connectivity index (χ1n) is 27.4. The summed E-state index contributed by atoms with van der Waals surface area (Å²) in [6.45, 7) is 19.0. The first kappa shape index (κ1) is 55.6. The number of amides is 2. The van der Waals surface area contributed by atoms with Gasteiger partial charge < -0.3 is 39.4 Å². The third-order valence-corrected chi connectivity index (χ3v) is 16.0. The lowest BCUT2D eigenvalue weighted by Gasteiger charge is -2.32. The van der Waals surface area contributed by atoms with E-state index >= 15 is 0 Å². The van der Waals surface area contributed by atoms with E-state index in [1.165, 1.54) is 11.1 Å². The normalized spacial score (nSPS) is 18.5. The number of rotatable bonds is 8. The molecule has 2 amide bonds. The van der Waals surface area contributed by atoms with Crippen molar-refractivity contribution in [3.8, 4) is 0 Å². The van der Waals surface area contributed by atoms with Crippen LogP contribution in [0.3, 0.4) is 0 Å². The minimum absolute atomic E-state index is 0. The third kappa shape index (κ3) is 12.7. The van der Waals surface area contributed by atoms with Gasteiger partial charge >= 0.3 is 7.12 Å². The molecule has 0 radical (unpaired) electrons. The highest BCUT2D eigenvalue weighted by molar-refractivity contribution is 6.52. The quantitative estimate of drug-likeness (QED) is 0.0852. The summed E-state index contributed by atoms with van der Waals surface area (Å²) in [7, 11) is -0.289. The number of morpholine rings is 2. The summed E-state index contributed by atoms with van der Waals surface area (Å²) in [5, 5.41) is 12.5.